The standard InChI is InChI=1S/C6H6.C3H6O2.C2H6S/c1-2-4-6-5-3-1;1-3(5)2-4;1-3-2/h1-6H;4H,2H2,1H3;1-2H3. The van der Waals surface area contributed by atoms with E-state index in [0.29, 0.717) is 0 Å². The highest BCUT2D eigenvalue weighted by molar-refractivity contribution is 7.97. The van der Waals surface area contributed by atoms with Crippen molar-refractivity contribution in [3.05, 3.63) is 36.4 Å². The Bertz CT molecular complexity index is 173. The van der Waals surface area contributed by atoms with Gasteiger partial charge in [0, 0.05) is 0 Å². The number of thioether (sulfide) groups is 1. The van der Waals surface area contributed by atoms with Gasteiger partial charge in [-0.15, -0.1) is 0 Å². The van der Waals surface area contributed by atoms with Crippen LogP contribution >= 0.6 is 11.8 Å². The molecule has 0 bridgehead atoms. The predicted octanol–water partition coefficient (Wildman–Crippen LogP) is 2.23. The Kier molecular flexibility index (Phi) is 16.5. The first kappa shape index (κ1) is 15.7. The molecule has 0 saturated heterocycles. The van der Waals surface area contributed by atoms with Gasteiger partial charge >= 0.3 is 0 Å². The molecule has 14 heavy (non-hydrogen) atoms. The molecule has 1 rings (SSSR count). The lowest BCUT2D eigenvalue weighted by atomic mass is 10.4. The van der Waals surface area contributed by atoms with Crippen LogP contribution in [0.25, 0.3) is 0 Å². The van der Waals surface area contributed by atoms with Crippen molar-refractivity contribution in [1.82, 2.24) is 0 Å². The van der Waals surface area contributed by atoms with Crippen molar-refractivity contribution in [3.63, 3.8) is 0 Å². The van der Waals surface area contributed by atoms with Crippen LogP contribution in [-0.4, -0.2) is 30.0 Å². The first-order chi connectivity index (χ1) is 6.68. The van der Waals surface area contributed by atoms with E-state index in [-0.39, 0.29) is 12.4 Å². The topological polar surface area (TPSA) is 37.3 Å². The average molecular weight is 214 g/mol. The molecule has 0 aliphatic carbocycles. The Labute approximate surface area is 90.3 Å². The minimum absolute atomic E-state index is 0.190. The zero-order valence-corrected chi connectivity index (χ0v) is 9.75. The highest BCUT2D eigenvalue weighted by atomic mass is 32.2. The first-order valence-corrected chi connectivity index (χ1v) is 5.82. The Morgan fingerprint density at radius 2 is 1.21 bits per heavy atom. The monoisotopic (exact) mass is 214 g/mol. The molecular weight excluding hydrogens is 196 g/mol. The van der Waals surface area contributed by atoms with Gasteiger partial charge in [0.15, 0.2) is 5.78 Å². The lowest BCUT2D eigenvalue weighted by Crippen LogP contribution is -1.93. The number of aliphatic hydroxyl groups excluding tert-OH is 1. The van der Waals surface area contributed by atoms with Crippen molar-refractivity contribution in [3.8, 4) is 0 Å². The highest BCUT2D eigenvalue weighted by Gasteiger charge is 1.78. The summed E-state index contributed by atoms with van der Waals surface area (Å²) in [5.41, 5.74) is 0. The Morgan fingerprint density at radius 3 is 1.29 bits per heavy atom. The fourth-order valence-corrected chi connectivity index (χ4v) is 0.385. The summed E-state index contributed by atoms with van der Waals surface area (Å²) in [5.74, 6) is -0.190. The molecule has 1 N–H and O–H groups in total. The molecular formula is C11H18O2S. The lowest BCUT2D eigenvalue weighted by Gasteiger charge is -1.72. The summed E-state index contributed by atoms with van der Waals surface area (Å²) in [6.45, 7) is 1.000. The fraction of sp³-hybridized carbons (Fsp3) is 0.364. The number of rotatable bonds is 1. The zero-order chi connectivity index (χ0) is 11.2. The summed E-state index contributed by atoms with van der Waals surface area (Å²) < 4.78 is 0. The van der Waals surface area contributed by atoms with Crippen LogP contribution in [0.1, 0.15) is 6.92 Å². The summed E-state index contributed by atoms with van der Waals surface area (Å²) in [6.07, 6.45) is 4.08. The van der Waals surface area contributed by atoms with E-state index >= 15 is 0 Å². The van der Waals surface area contributed by atoms with E-state index in [4.69, 9.17) is 5.11 Å². The van der Waals surface area contributed by atoms with E-state index in [1.807, 2.05) is 48.9 Å². The normalized spacial score (nSPS) is 7.43. The van der Waals surface area contributed by atoms with Gasteiger partial charge < -0.3 is 5.11 Å². The second-order valence-electron chi connectivity index (χ2n) is 2.42. The van der Waals surface area contributed by atoms with Crippen molar-refractivity contribution < 1.29 is 9.90 Å². The Balaban J connectivity index is 0. The Morgan fingerprint density at radius 1 is 1.07 bits per heavy atom. The van der Waals surface area contributed by atoms with Gasteiger partial charge in [0.1, 0.15) is 6.61 Å². The molecule has 1 aromatic rings. The molecule has 0 heterocycles. The third kappa shape index (κ3) is 22.5. The maximum atomic E-state index is 9.56. The highest BCUT2D eigenvalue weighted by Crippen LogP contribution is 1.79. The molecule has 0 atom stereocenters. The van der Waals surface area contributed by atoms with Crippen molar-refractivity contribution in [1.29, 1.82) is 0 Å². The minimum atomic E-state index is -0.333. The third-order valence-corrected chi connectivity index (χ3v) is 0.889. The number of hydrogen-bond donors (Lipinski definition) is 1. The van der Waals surface area contributed by atoms with Gasteiger partial charge in [0.2, 0.25) is 0 Å². The largest absolute Gasteiger partial charge is 0.389 e. The number of Topliss-reactive ketones (excluding diaryl/α,β-unsaturated/α-hetero) is 1. The molecule has 0 unspecified atom stereocenters. The molecule has 0 saturated carbocycles. The molecule has 3 heteroatoms. The summed E-state index contributed by atoms with van der Waals surface area (Å²) in [4.78, 5) is 9.56. The molecule has 0 spiro atoms. The van der Waals surface area contributed by atoms with Crippen LogP contribution in [0.4, 0.5) is 0 Å². The molecule has 80 valence electrons. The fourth-order valence-electron chi connectivity index (χ4n) is 0.385. The van der Waals surface area contributed by atoms with E-state index in [0.717, 1.165) is 0 Å². The summed E-state index contributed by atoms with van der Waals surface area (Å²) in [7, 11) is 0. The summed E-state index contributed by atoms with van der Waals surface area (Å²) >= 11 is 1.75. The Hall–Kier alpha value is -0.800. The van der Waals surface area contributed by atoms with Gasteiger partial charge in [-0.1, -0.05) is 36.4 Å². The molecule has 0 fully saturated rings. The maximum absolute atomic E-state index is 9.56. The summed E-state index contributed by atoms with van der Waals surface area (Å²) in [5, 5.41) is 7.79. The van der Waals surface area contributed by atoms with E-state index in [1.165, 1.54) is 6.92 Å². The van der Waals surface area contributed by atoms with Gasteiger partial charge in [-0.3, -0.25) is 4.79 Å². The predicted molar refractivity (Wildman–Crippen MR) is 63.6 cm³/mol. The van der Waals surface area contributed by atoms with E-state index < -0.39 is 0 Å². The van der Waals surface area contributed by atoms with Crippen molar-refractivity contribution >= 4 is 17.5 Å². The second-order valence-corrected chi connectivity index (χ2v) is 3.24. The number of ketones is 1. The van der Waals surface area contributed by atoms with Gasteiger partial charge in [0.05, 0.1) is 0 Å². The summed E-state index contributed by atoms with van der Waals surface area (Å²) in [6, 6.07) is 12.0. The lowest BCUT2D eigenvalue weighted by molar-refractivity contribution is -0.119. The van der Waals surface area contributed by atoms with Crippen LogP contribution in [0.2, 0.25) is 0 Å². The number of carbonyl (C=O) groups is 1. The molecule has 2 nitrogen and oxygen atoms in total. The van der Waals surface area contributed by atoms with Crippen LogP contribution in [0.3, 0.4) is 0 Å². The molecule has 0 amide bonds. The maximum Gasteiger partial charge on any atom is 0.155 e. The zero-order valence-electron chi connectivity index (χ0n) is 8.93. The number of hydrogen-bond acceptors (Lipinski definition) is 3. The first-order valence-electron chi connectivity index (χ1n) is 4.19. The van der Waals surface area contributed by atoms with Crippen LogP contribution in [0.5, 0.6) is 0 Å². The molecule has 0 aliphatic rings. The molecule has 0 radical (unpaired) electrons. The minimum Gasteiger partial charge on any atom is -0.389 e. The average Bonchev–Trinajstić information content (AvgIpc) is 2.22. The number of aliphatic hydroxyl groups is 1. The SMILES string of the molecule is CC(=O)CO.CSC.c1ccccc1. The van der Waals surface area contributed by atoms with Gasteiger partial charge in [0.25, 0.3) is 0 Å². The van der Waals surface area contributed by atoms with Crippen LogP contribution in [0, 0.1) is 0 Å². The number of carbonyl (C=O) groups excluding carboxylic acids is 1. The van der Waals surface area contributed by atoms with E-state index in [1.54, 1.807) is 11.8 Å². The van der Waals surface area contributed by atoms with Crippen molar-refractivity contribution in [2.45, 2.75) is 6.92 Å². The van der Waals surface area contributed by atoms with E-state index in [2.05, 4.69) is 0 Å². The smallest absolute Gasteiger partial charge is 0.155 e. The van der Waals surface area contributed by atoms with Crippen molar-refractivity contribution in [2.75, 3.05) is 19.1 Å². The van der Waals surface area contributed by atoms with Gasteiger partial charge in [-0.25, -0.2) is 0 Å². The third-order valence-electron chi connectivity index (χ3n) is 0.889. The van der Waals surface area contributed by atoms with E-state index in [9.17, 15) is 4.79 Å². The van der Waals surface area contributed by atoms with Crippen LogP contribution < -0.4 is 0 Å². The van der Waals surface area contributed by atoms with Crippen LogP contribution in [-0.2, 0) is 4.79 Å². The second kappa shape index (κ2) is 14.7. The van der Waals surface area contributed by atoms with Gasteiger partial charge in [-0.05, 0) is 19.4 Å². The van der Waals surface area contributed by atoms with Gasteiger partial charge in [-0.2, -0.15) is 11.8 Å². The van der Waals surface area contributed by atoms with Crippen LogP contribution in [0.15, 0.2) is 36.4 Å². The number of benzene rings is 1. The molecule has 0 aromatic heterocycles. The quantitative estimate of drug-likeness (QED) is 0.779. The molecule has 1 aromatic carbocycles. The van der Waals surface area contributed by atoms with Crippen molar-refractivity contribution in [2.24, 2.45) is 0 Å². The molecule has 0 aliphatic heterocycles.